The lowest BCUT2D eigenvalue weighted by atomic mass is 9.49. The lowest BCUT2D eigenvalue weighted by Crippen LogP contribution is -2.58. The summed E-state index contributed by atoms with van der Waals surface area (Å²) in [6.07, 6.45) is 2.22. The molecule has 0 spiro atoms. The van der Waals surface area contributed by atoms with Crippen LogP contribution < -0.4 is 0 Å². The molecule has 3 aromatic rings. The lowest BCUT2D eigenvalue weighted by molar-refractivity contribution is -0.171. The van der Waals surface area contributed by atoms with Gasteiger partial charge in [0, 0.05) is 21.8 Å². The van der Waals surface area contributed by atoms with E-state index in [4.69, 9.17) is 0 Å². The summed E-state index contributed by atoms with van der Waals surface area (Å²) >= 11 is 0. The summed E-state index contributed by atoms with van der Waals surface area (Å²) < 4.78 is 0. The average molecular weight is 377 g/mol. The maximum Gasteiger partial charge on any atom is 0.312 e. The molecule has 2 aliphatic carbocycles. The molecule has 1 heterocycles. The smallest absolute Gasteiger partial charge is 0.312 e. The number of carbonyl (C=O) groups is 1. The highest BCUT2D eigenvalue weighted by atomic mass is 16.4. The van der Waals surface area contributed by atoms with Gasteiger partial charge in [0.1, 0.15) is 0 Å². The van der Waals surface area contributed by atoms with E-state index in [9.17, 15) is 15.0 Å². The maximum absolute atomic E-state index is 12.2. The Morgan fingerprint density at radius 1 is 1.11 bits per heavy atom. The first-order chi connectivity index (χ1) is 13.2. The van der Waals surface area contributed by atoms with E-state index in [1.807, 2.05) is 0 Å². The molecule has 0 bridgehead atoms. The summed E-state index contributed by atoms with van der Waals surface area (Å²) in [7, 11) is 0. The van der Waals surface area contributed by atoms with Crippen LogP contribution in [0.4, 0.5) is 0 Å². The molecule has 2 aromatic carbocycles. The van der Waals surface area contributed by atoms with Crippen LogP contribution in [0, 0.1) is 18.3 Å². The topological polar surface area (TPSA) is 73.3 Å². The van der Waals surface area contributed by atoms with Crippen molar-refractivity contribution in [1.82, 2.24) is 4.98 Å². The number of aliphatic hydroxyl groups excluding tert-OH is 1. The van der Waals surface area contributed by atoms with Gasteiger partial charge in [-0.05, 0) is 86.3 Å². The second-order valence-electron chi connectivity index (χ2n) is 9.38. The Labute approximate surface area is 164 Å². The first-order valence-electron chi connectivity index (χ1n) is 10.2. The summed E-state index contributed by atoms with van der Waals surface area (Å²) in [5, 5.41) is 23.1. The summed E-state index contributed by atoms with van der Waals surface area (Å²) in [5.41, 5.74) is 4.78. The molecular weight excluding hydrogens is 350 g/mol. The summed E-state index contributed by atoms with van der Waals surface area (Å²) in [6.45, 7) is 6.07. The minimum Gasteiger partial charge on any atom is -0.481 e. The number of fused-ring (bicyclic) bond motifs is 6. The molecule has 5 rings (SSSR count). The molecule has 2 aliphatic rings. The third-order valence-corrected chi connectivity index (χ3v) is 7.88. The number of hydrogen-bond acceptors (Lipinski definition) is 2. The fourth-order valence-electron chi connectivity index (χ4n) is 6.18. The Morgan fingerprint density at radius 3 is 2.61 bits per heavy atom. The van der Waals surface area contributed by atoms with Gasteiger partial charge in [0.15, 0.2) is 0 Å². The van der Waals surface area contributed by atoms with Crippen molar-refractivity contribution in [2.24, 2.45) is 11.3 Å². The Kier molecular flexibility index (Phi) is 3.55. The molecule has 4 atom stereocenters. The number of hydrogen-bond donors (Lipinski definition) is 3. The van der Waals surface area contributed by atoms with Gasteiger partial charge in [-0.1, -0.05) is 18.6 Å². The number of aliphatic hydroxyl groups is 1. The first kappa shape index (κ1) is 17.7. The molecule has 0 aliphatic heterocycles. The standard InChI is InChI=1S/C24H27NO3/c1-13-4-6-18-15(10-13)16-12-17-14(11-19(16)25-18)5-7-20-23(17,2)9-8-21(26)24(20,3)22(27)28/h4,6,10-12,20-21,25-26H,5,7-9H2,1-3H3,(H,27,28)/t20-,21+,23-,24+/m1/s1. The van der Waals surface area contributed by atoms with E-state index in [-0.39, 0.29) is 11.3 Å². The van der Waals surface area contributed by atoms with Crippen molar-refractivity contribution in [3.05, 3.63) is 47.0 Å². The van der Waals surface area contributed by atoms with Crippen molar-refractivity contribution < 1.29 is 15.0 Å². The predicted molar refractivity (Wildman–Crippen MR) is 111 cm³/mol. The van der Waals surface area contributed by atoms with Gasteiger partial charge in [0.05, 0.1) is 11.5 Å². The van der Waals surface area contributed by atoms with Crippen molar-refractivity contribution in [1.29, 1.82) is 0 Å². The zero-order valence-electron chi connectivity index (χ0n) is 16.7. The predicted octanol–water partition coefficient (Wildman–Crippen LogP) is 4.70. The maximum atomic E-state index is 12.2. The Bertz CT molecular complexity index is 1130. The van der Waals surface area contributed by atoms with Crippen molar-refractivity contribution in [2.75, 3.05) is 0 Å². The molecule has 0 amide bonds. The second-order valence-corrected chi connectivity index (χ2v) is 9.38. The molecule has 146 valence electrons. The minimum atomic E-state index is -1.10. The van der Waals surface area contributed by atoms with Crippen LogP contribution in [0.15, 0.2) is 30.3 Å². The normalized spacial score (nSPS) is 32.3. The van der Waals surface area contributed by atoms with E-state index in [2.05, 4.69) is 49.2 Å². The lowest BCUT2D eigenvalue weighted by Gasteiger charge is -2.55. The third kappa shape index (κ3) is 2.12. The minimum absolute atomic E-state index is 0.0712. The van der Waals surface area contributed by atoms with Crippen molar-refractivity contribution in [3.8, 4) is 0 Å². The Hall–Kier alpha value is -2.33. The molecule has 1 aromatic heterocycles. The fraction of sp³-hybridized carbons (Fsp3) is 0.458. The van der Waals surface area contributed by atoms with Gasteiger partial charge in [-0.3, -0.25) is 4.79 Å². The SMILES string of the molecule is Cc1ccc2[nH]c3cc4c(cc3c2c1)[C@@]1(C)CC[C@H](O)[C@@](C)(C(=O)O)[C@@H]1CC4. The quantitative estimate of drug-likeness (QED) is 0.576. The molecule has 0 saturated heterocycles. The van der Waals surface area contributed by atoms with Crippen LogP contribution in [0.25, 0.3) is 21.8 Å². The summed E-state index contributed by atoms with van der Waals surface area (Å²) in [6, 6.07) is 11.0. The molecular formula is C24H27NO3. The van der Waals surface area contributed by atoms with Gasteiger partial charge in [0.2, 0.25) is 0 Å². The summed E-state index contributed by atoms with van der Waals surface area (Å²) in [4.78, 5) is 15.8. The Morgan fingerprint density at radius 2 is 1.86 bits per heavy atom. The van der Waals surface area contributed by atoms with Gasteiger partial charge in [-0.25, -0.2) is 0 Å². The van der Waals surface area contributed by atoms with Crippen LogP contribution in [0.1, 0.15) is 49.8 Å². The molecule has 4 nitrogen and oxygen atoms in total. The number of aryl methyl sites for hydroxylation is 2. The zero-order chi connectivity index (χ0) is 19.8. The molecule has 1 saturated carbocycles. The highest BCUT2D eigenvalue weighted by molar-refractivity contribution is 6.08. The second kappa shape index (κ2) is 5.60. The van der Waals surface area contributed by atoms with E-state index in [1.54, 1.807) is 6.92 Å². The number of nitrogens with one attached hydrogen (secondary N) is 1. The molecule has 0 unspecified atom stereocenters. The van der Waals surface area contributed by atoms with Gasteiger partial charge in [-0.15, -0.1) is 0 Å². The van der Waals surface area contributed by atoms with E-state index >= 15 is 0 Å². The van der Waals surface area contributed by atoms with Crippen molar-refractivity contribution in [3.63, 3.8) is 0 Å². The number of carboxylic acid groups (broad SMARTS) is 1. The van der Waals surface area contributed by atoms with Gasteiger partial charge >= 0.3 is 5.97 Å². The number of aromatic nitrogens is 1. The number of H-pyrrole nitrogens is 1. The molecule has 0 radical (unpaired) electrons. The van der Waals surface area contributed by atoms with Crippen LogP contribution in [-0.2, 0) is 16.6 Å². The fourth-order valence-corrected chi connectivity index (χ4v) is 6.18. The average Bonchev–Trinajstić information content (AvgIpc) is 3.00. The number of aliphatic carboxylic acids is 1. The third-order valence-electron chi connectivity index (χ3n) is 7.88. The molecule has 3 N–H and O–H groups in total. The highest BCUT2D eigenvalue weighted by Gasteiger charge is 2.59. The number of carboxylic acids is 1. The summed E-state index contributed by atoms with van der Waals surface area (Å²) in [5.74, 6) is -0.943. The van der Waals surface area contributed by atoms with Crippen LogP contribution in [0.5, 0.6) is 0 Å². The van der Waals surface area contributed by atoms with Crippen molar-refractivity contribution in [2.45, 2.75) is 58.0 Å². The molecule has 1 fully saturated rings. The van der Waals surface area contributed by atoms with Gasteiger partial charge in [-0.2, -0.15) is 0 Å². The Balaban J connectivity index is 1.75. The number of rotatable bonds is 1. The molecule has 28 heavy (non-hydrogen) atoms. The highest BCUT2D eigenvalue weighted by Crippen LogP contribution is 2.57. The van der Waals surface area contributed by atoms with E-state index in [0.29, 0.717) is 6.42 Å². The van der Waals surface area contributed by atoms with Gasteiger partial charge < -0.3 is 15.2 Å². The van der Waals surface area contributed by atoms with Crippen LogP contribution >= 0.6 is 0 Å². The van der Waals surface area contributed by atoms with E-state index in [1.165, 1.54) is 27.5 Å². The van der Waals surface area contributed by atoms with E-state index < -0.39 is 17.5 Å². The van der Waals surface area contributed by atoms with E-state index in [0.717, 1.165) is 30.3 Å². The first-order valence-corrected chi connectivity index (χ1v) is 10.2. The largest absolute Gasteiger partial charge is 0.481 e. The van der Waals surface area contributed by atoms with Crippen LogP contribution in [0.3, 0.4) is 0 Å². The van der Waals surface area contributed by atoms with Gasteiger partial charge in [0.25, 0.3) is 0 Å². The number of benzene rings is 2. The number of aromatic amines is 1. The van der Waals surface area contributed by atoms with Crippen molar-refractivity contribution >= 4 is 27.8 Å². The monoisotopic (exact) mass is 377 g/mol. The zero-order valence-corrected chi connectivity index (χ0v) is 16.7. The van der Waals surface area contributed by atoms with Crippen LogP contribution in [-0.4, -0.2) is 27.3 Å². The molecule has 4 heteroatoms. The van der Waals surface area contributed by atoms with Crippen LogP contribution in [0.2, 0.25) is 0 Å².